The molecule has 1 atom stereocenters. The van der Waals surface area contributed by atoms with Gasteiger partial charge in [0, 0.05) is 17.4 Å². The molecule has 4 nitrogen and oxygen atoms in total. The maximum atomic E-state index is 13.7. The molecule has 6 heteroatoms. The summed E-state index contributed by atoms with van der Waals surface area (Å²) in [5.74, 6) is -0.781. The molecule has 0 radical (unpaired) electrons. The van der Waals surface area contributed by atoms with Gasteiger partial charge in [-0.15, -0.1) is 0 Å². The highest BCUT2D eigenvalue weighted by Crippen LogP contribution is 2.17. The number of benzene rings is 2. The molecule has 2 aromatic carbocycles. The summed E-state index contributed by atoms with van der Waals surface area (Å²) < 4.78 is 36.2. The molecule has 2 aromatic rings. The Kier molecular flexibility index (Phi) is 5.15. The lowest BCUT2D eigenvalue weighted by Crippen LogP contribution is -2.27. The van der Waals surface area contributed by atoms with Crippen molar-refractivity contribution in [2.24, 2.45) is 0 Å². The lowest BCUT2D eigenvalue weighted by atomic mass is 10.1. The van der Waals surface area contributed by atoms with E-state index in [0.717, 1.165) is 6.26 Å². The van der Waals surface area contributed by atoms with Crippen LogP contribution >= 0.6 is 0 Å². The Morgan fingerprint density at radius 2 is 1.74 bits per heavy atom. The summed E-state index contributed by atoms with van der Waals surface area (Å²) in [6, 6.07) is 12.1. The minimum Gasteiger partial charge on any atom is -0.345 e. The van der Waals surface area contributed by atoms with Gasteiger partial charge in [-0.2, -0.15) is 0 Å². The molecule has 0 heterocycles. The van der Waals surface area contributed by atoms with Gasteiger partial charge in [0.25, 0.3) is 5.91 Å². The molecule has 1 unspecified atom stereocenters. The molecule has 0 fully saturated rings. The van der Waals surface area contributed by atoms with E-state index in [2.05, 4.69) is 5.32 Å². The first-order valence-corrected chi connectivity index (χ1v) is 9.14. The SMILES string of the molecule is CC(NC(=O)c1ccc(CS(C)(=O)=O)cc1)c1ccccc1F. The van der Waals surface area contributed by atoms with Crippen LogP contribution in [0.5, 0.6) is 0 Å². The number of hydrogen-bond acceptors (Lipinski definition) is 3. The van der Waals surface area contributed by atoms with Crippen LogP contribution < -0.4 is 5.32 Å². The summed E-state index contributed by atoms with van der Waals surface area (Å²) in [5, 5.41) is 2.72. The van der Waals surface area contributed by atoms with E-state index in [1.807, 2.05) is 0 Å². The maximum absolute atomic E-state index is 13.7. The Balaban J connectivity index is 2.08. The second-order valence-electron chi connectivity index (χ2n) is 5.48. The molecule has 0 spiro atoms. The molecule has 1 amide bonds. The number of amides is 1. The highest BCUT2D eigenvalue weighted by atomic mass is 32.2. The summed E-state index contributed by atoms with van der Waals surface area (Å²) >= 11 is 0. The van der Waals surface area contributed by atoms with Gasteiger partial charge in [-0.25, -0.2) is 12.8 Å². The molecule has 0 saturated heterocycles. The topological polar surface area (TPSA) is 63.2 Å². The molecule has 0 aromatic heterocycles. The minimum atomic E-state index is -3.11. The Morgan fingerprint density at radius 3 is 2.30 bits per heavy atom. The van der Waals surface area contributed by atoms with Crippen molar-refractivity contribution in [1.29, 1.82) is 0 Å². The zero-order valence-electron chi connectivity index (χ0n) is 12.9. The Bertz CT molecular complexity index is 801. The zero-order chi connectivity index (χ0) is 17.0. The van der Waals surface area contributed by atoms with Gasteiger partial charge >= 0.3 is 0 Å². The normalized spacial score (nSPS) is 12.7. The van der Waals surface area contributed by atoms with Crippen LogP contribution in [0.3, 0.4) is 0 Å². The van der Waals surface area contributed by atoms with Crippen molar-refractivity contribution in [3.63, 3.8) is 0 Å². The fourth-order valence-electron chi connectivity index (χ4n) is 2.24. The van der Waals surface area contributed by atoms with E-state index in [1.54, 1.807) is 49.4 Å². The highest BCUT2D eigenvalue weighted by molar-refractivity contribution is 7.89. The van der Waals surface area contributed by atoms with Crippen LogP contribution in [0, 0.1) is 5.82 Å². The molecule has 0 aliphatic carbocycles. The van der Waals surface area contributed by atoms with Crippen molar-refractivity contribution in [3.8, 4) is 0 Å². The van der Waals surface area contributed by atoms with Crippen molar-refractivity contribution < 1.29 is 17.6 Å². The average Bonchev–Trinajstić information content (AvgIpc) is 2.46. The number of sulfone groups is 1. The van der Waals surface area contributed by atoms with Gasteiger partial charge in [-0.1, -0.05) is 30.3 Å². The largest absolute Gasteiger partial charge is 0.345 e. The predicted octanol–water partition coefficient (Wildman–Crippen LogP) is 2.86. The molecule has 122 valence electrons. The maximum Gasteiger partial charge on any atom is 0.251 e. The van der Waals surface area contributed by atoms with Crippen molar-refractivity contribution in [2.75, 3.05) is 6.26 Å². The fourth-order valence-corrected chi connectivity index (χ4v) is 3.04. The van der Waals surface area contributed by atoms with Gasteiger partial charge in [0.2, 0.25) is 0 Å². The third kappa shape index (κ3) is 4.89. The first-order valence-electron chi connectivity index (χ1n) is 7.08. The van der Waals surface area contributed by atoms with E-state index in [1.165, 1.54) is 6.07 Å². The van der Waals surface area contributed by atoms with Gasteiger partial charge in [-0.3, -0.25) is 4.79 Å². The quantitative estimate of drug-likeness (QED) is 0.914. The smallest absolute Gasteiger partial charge is 0.251 e. The van der Waals surface area contributed by atoms with Crippen LogP contribution in [0.4, 0.5) is 4.39 Å². The van der Waals surface area contributed by atoms with Gasteiger partial charge in [-0.05, 0) is 30.7 Å². The number of halogens is 1. The lowest BCUT2D eigenvalue weighted by molar-refractivity contribution is 0.0939. The third-order valence-corrected chi connectivity index (χ3v) is 4.22. The summed E-state index contributed by atoms with van der Waals surface area (Å²) in [4.78, 5) is 12.2. The molecule has 0 saturated carbocycles. The average molecular weight is 335 g/mol. The van der Waals surface area contributed by atoms with Gasteiger partial charge in [0.05, 0.1) is 11.8 Å². The van der Waals surface area contributed by atoms with Crippen LogP contribution in [0.1, 0.15) is 34.5 Å². The van der Waals surface area contributed by atoms with Crippen LogP contribution in [0.2, 0.25) is 0 Å². The molecule has 0 bridgehead atoms. The fraction of sp³-hybridized carbons (Fsp3) is 0.235. The second-order valence-corrected chi connectivity index (χ2v) is 7.62. The summed E-state index contributed by atoms with van der Waals surface area (Å²) in [6.45, 7) is 1.70. The highest BCUT2D eigenvalue weighted by Gasteiger charge is 2.14. The van der Waals surface area contributed by atoms with Crippen molar-refractivity contribution >= 4 is 15.7 Å². The number of carbonyl (C=O) groups excluding carboxylic acids is 1. The Hall–Kier alpha value is -2.21. The van der Waals surface area contributed by atoms with E-state index in [0.29, 0.717) is 16.7 Å². The summed E-state index contributed by atoms with van der Waals surface area (Å²) in [7, 11) is -3.11. The molecule has 2 rings (SSSR count). The number of hydrogen-bond donors (Lipinski definition) is 1. The predicted molar refractivity (Wildman–Crippen MR) is 87.3 cm³/mol. The van der Waals surface area contributed by atoms with Gasteiger partial charge in [0.15, 0.2) is 9.84 Å². The van der Waals surface area contributed by atoms with Crippen LogP contribution in [0.15, 0.2) is 48.5 Å². The number of rotatable bonds is 5. The lowest BCUT2D eigenvalue weighted by Gasteiger charge is -2.15. The molecule has 1 N–H and O–H groups in total. The van der Waals surface area contributed by atoms with Gasteiger partial charge < -0.3 is 5.32 Å². The Labute approximate surface area is 135 Å². The van der Waals surface area contributed by atoms with E-state index in [9.17, 15) is 17.6 Å². The first kappa shape index (κ1) is 17.1. The number of nitrogens with one attached hydrogen (secondary N) is 1. The molecule has 0 aliphatic rings. The minimum absolute atomic E-state index is 0.0689. The second kappa shape index (κ2) is 6.91. The standard InChI is InChI=1S/C17H18FNO3S/c1-12(15-5-3-4-6-16(15)18)19-17(20)14-9-7-13(8-10-14)11-23(2,21)22/h3-10,12H,11H2,1-2H3,(H,19,20). The van der Waals surface area contributed by atoms with E-state index in [4.69, 9.17) is 0 Å². The Morgan fingerprint density at radius 1 is 1.13 bits per heavy atom. The van der Waals surface area contributed by atoms with Crippen LogP contribution in [-0.4, -0.2) is 20.6 Å². The molecular formula is C17H18FNO3S. The van der Waals surface area contributed by atoms with E-state index < -0.39 is 15.9 Å². The number of carbonyl (C=O) groups is 1. The van der Waals surface area contributed by atoms with Crippen molar-refractivity contribution in [1.82, 2.24) is 5.32 Å². The van der Waals surface area contributed by atoms with Crippen molar-refractivity contribution in [3.05, 3.63) is 71.0 Å². The molecule has 23 heavy (non-hydrogen) atoms. The van der Waals surface area contributed by atoms with Crippen molar-refractivity contribution in [2.45, 2.75) is 18.7 Å². The first-order chi connectivity index (χ1) is 10.8. The summed E-state index contributed by atoms with van der Waals surface area (Å²) in [6.07, 6.45) is 1.16. The third-order valence-electron chi connectivity index (χ3n) is 3.36. The molecule has 0 aliphatic heterocycles. The summed E-state index contributed by atoms with van der Waals surface area (Å²) in [5.41, 5.74) is 1.42. The van der Waals surface area contributed by atoms with Crippen LogP contribution in [0.25, 0.3) is 0 Å². The van der Waals surface area contributed by atoms with Crippen LogP contribution in [-0.2, 0) is 15.6 Å². The monoisotopic (exact) mass is 335 g/mol. The van der Waals surface area contributed by atoms with Gasteiger partial charge in [0.1, 0.15) is 5.82 Å². The van der Waals surface area contributed by atoms with E-state index in [-0.39, 0.29) is 17.5 Å². The zero-order valence-corrected chi connectivity index (χ0v) is 13.7. The molecular weight excluding hydrogens is 317 g/mol. The van der Waals surface area contributed by atoms with E-state index >= 15 is 0 Å².